The fraction of sp³-hybridized carbons (Fsp3) is 0.867. The Morgan fingerprint density at radius 2 is 1.05 bits per heavy atom. The maximum atomic E-state index is 12.7. The van der Waals surface area contributed by atoms with Crippen LogP contribution < -0.4 is 32.7 Å². The molecule has 0 radical (unpaired) electrons. The minimum absolute atomic E-state index is 0.00469. The SMILES string of the molecule is CC(=O)NCCCCCCCC(=O)NC(CCCCN)C(=O)NCCCCCCCC(=O)NC(C)CCCCN. The number of hydrogen-bond acceptors (Lipinski definition) is 6. The third-order valence-corrected chi connectivity index (χ3v) is 6.93. The van der Waals surface area contributed by atoms with E-state index in [1.807, 2.05) is 6.92 Å². The van der Waals surface area contributed by atoms with Crippen molar-refractivity contribution >= 4 is 23.6 Å². The highest BCUT2D eigenvalue weighted by Gasteiger charge is 2.19. The number of rotatable bonds is 27. The Hall–Kier alpha value is -2.20. The predicted molar refractivity (Wildman–Crippen MR) is 162 cm³/mol. The first-order chi connectivity index (χ1) is 19.3. The van der Waals surface area contributed by atoms with E-state index in [4.69, 9.17) is 11.5 Å². The number of amides is 4. The Balaban J connectivity index is 4.04. The van der Waals surface area contributed by atoms with Gasteiger partial charge in [-0.25, -0.2) is 0 Å². The third-order valence-electron chi connectivity index (χ3n) is 6.93. The minimum atomic E-state index is -0.520. The van der Waals surface area contributed by atoms with Crippen LogP contribution in [-0.4, -0.2) is 61.9 Å². The molecular weight excluding hydrogens is 508 g/mol. The Kier molecular flexibility index (Phi) is 25.5. The van der Waals surface area contributed by atoms with E-state index in [1.54, 1.807) is 0 Å². The number of carbonyl (C=O) groups excluding carboxylic acids is 4. The first-order valence-electron chi connectivity index (χ1n) is 15.8. The molecule has 0 aromatic carbocycles. The lowest BCUT2D eigenvalue weighted by molar-refractivity contribution is -0.129. The van der Waals surface area contributed by atoms with Gasteiger partial charge in [0.1, 0.15) is 6.04 Å². The van der Waals surface area contributed by atoms with Gasteiger partial charge in [0, 0.05) is 38.9 Å². The fourth-order valence-corrected chi connectivity index (χ4v) is 4.52. The first kappa shape index (κ1) is 37.8. The summed E-state index contributed by atoms with van der Waals surface area (Å²) >= 11 is 0. The normalized spacial score (nSPS) is 12.4. The molecule has 0 fully saturated rings. The molecular formula is C30H60N6O4. The Morgan fingerprint density at radius 3 is 1.60 bits per heavy atom. The zero-order valence-corrected chi connectivity index (χ0v) is 25.5. The van der Waals surface area contributed by atoms with Gasteiger partial charge in [-0.3, -0.25) is 19.2 Å². The van der Waals surface area contributed by atoms with Crippen molar-refractivity contribution in [2.45, 2.75) is 142 Å². The van der Waals surface area contributed by atoms with Crippen LogP contribution in [0.25, 0.3) is 0 Å². The zero-order chi connectivity index (χ0) is 29.8. The second kappa shape index (κ2) is 27.0. The van der Waals surface area contributed by atoms with Crippen molar-refractivity contribution in [3.8, 4) is 0 Å². The highest BCUT2D eigenvalue weighted by atomic mass is 16.2. The van der Waals surface area contributed by atoms with Crippen LogP contribution >= 0.6 is 0 Å². The van der Waals surface area contributed by atoms with E-state index in [9.17, 15) is 19.2 Å². The number of unbranched alkanes of at least 4 members (excludes halogenated alkanes) is 10. The molecule has 0 aliphatic heterocycles. The molecule has 10 heteroatoms. The number of hydrogen-bond donors (Lipinski definition) is 6. The van der Waals surface area contributed by atoms with Crippen molar-refractivity contribution in [3.63, 3.8) is 0 Å². The summed E-state index contributed by atoms with van der Waals surface area (Å²) in [7, 11) is 0. The van der Waals surface area contributed by atoms with Gasteiger partial charge < -0.3 is 32.7 Å². The van der Waals surface area contributed by atoms with Crippen molar-refractivity contribution in [1.82, 2.24) is 21.3 Å². The lowest BCUT2D eigenvalue weighted by atomic mass is 10.1. The Labute approximate surface area is 243 Å². The molecule has 0 heterocycles. The smallest absolute Gasteiger partial charge is 0.242 e. The van der Waals surface area contributed by atoms with Crippen LogP contribution in [0.4, 0.5) is 0 Å². The molecule has 0 rings (SSSR count). The van der Waals surface area contributed by atoms with Crippen molar-refractivity contribution in [3.05, 3.63) is 0 Å². The average molecular weight is 569 g/mol. The first-order valence-corrected chi connectivity index (χ1v) is 15.8. The molecule has 4 amide bonds. The van der Waals surface area contributed by atoms with Crippen LogP contribution in [0, 0.1) is 0 Å². The molecule has 2 unspecified atom stereocenters. The van der Waals surface area contributed by atoms with E-state index in [1.165, 1.54) is 6.92 Å². The van der Waals surface area contributed by atoms with Gasteiger partial charge in [-0.15, -0.1) is 0 Å². The van der Waals surface area contributed by atoms with E-state index in [0.29, 0.717) is 45.4 Å². The summed E-state index contributed by atoms with van der Waals surface area (Å²) in [6.07, 6.45) is 15.7. The molecule has 0 aromatic heterocycles. The molecule has 0 spiro atoms. The highest BCUT2D eigenvalue weighted by molar-refractivity contribution is 5.87. The highest BCUT2D eigenvalue weighted by Crippen LogP contribution is 2.08. The Bertz CT molecular complexity index is 677. The van der Waals surface area contributed by atoms with E-state index in [-0.39, 0.29) is 29.7 Å². The van der Waals surface area contributed by atoms with Gasteiger partial charge in [0.15, 0.2) is 0 Å². The summed E-state index contributed by atoms with van der Waals surface area (Å²) in [5.74, 6) is -0.0930. The summed E-state index contributed by atoms with van der Waals surface area (Å²) < 4.78 is 0. The second-order valence-corrected chi connectivity index (χ2v) is 11.0. The number of carbonyl (C=O) groups is 4. The minimum Gasteiger partial charge on any atom is -0.356 e. The maximum absolute atomic E-state index is 12.7. The lowest BCUT2D eigenvalue weighted by Gasteiger charge is -2.18. The van der Waals surface area contributed by atoms with E-state index in [2.05, 4.69) is 21.3 Å². The lowest BCUT2D eigenvalue weighted by Crippen LogP contribution is -2.47. The quantitative estimate of drug-likeness (QED) is 0.0832. The molecule has 0 bridgehead atoms. The third kappa shape index (κ3) is 24.8. The van der Waals surface area contributed by atoms with Crippen LogP contribution in [-0.2, 0) is 19.2 Å². The molecule has 0 aromatic rings. The molecule has 2 atom stereocenters. The average Bonchev–Trinajstić information content (AvgIpc) is 2.91. The van der Waals surface area contributed by atoms with Crippen molar-refractivity contribution in [2.24, 2.45) is 11.5 Å². The van der Waals surface area contributed by atoms with E-state index in [0.717, 1.165) is 96.3 Å². The molecule has 40 heavy (non-hydrogen) atoms. The molecule has 0 aliphatic carbocycles. The summed E-state index contributed by atoms with van der Waals surface area (Å²) in [6, 6.07) is -0.322. The van der Waals surface area contributed by atoms with Crippen LogP contribution in [0.3, 0.4) is 0 Å². The predicted octanol–water partition coefficient (Wildman–Crippen LogP) is 3.17. The van der Waals surface area contributed by atoms with Crippen LogP contribution in [0.15, 0.2) is 0 Å². The van der Waals surface area contributed by atoms with Gasteiger partial charge in [-0.2, -0.15) is 0 Å². The summed E-state index contributed by atoms with van der Waals surface area (Å²) in [4.78, 5) is 48.1. The van der Waals surface area contributed by atoms with Crippen LogP contribution in [0.2, 0.25) is 0 Å². The van der Waals surface area contributed by atoms with Crippen molar-refractivity contribution in [1.29, 1.82) is 0 Å². The van der Waals surface area contributed by atoms with E-state index >= 15 is 0 Å². The fourth-order valence-electron chi connectivity index (χ4n) is 4.52. The monoisotopic (exact) mass is 568 g/mol. The van der Waals surface area contributed by atoms with Crippen molar-refractivity contribution in [2.75, 3.05) is 26.2 Å². The molecule has 0 aliphatic rings. The molecule has 10 nitrogen and oxygen atoms in total. The standard InChI is InChI=1S/C30H60N6O4/c1-25(17-11-13-21-31)35-28(38)19-9-5-4-8-16-24-34-30(40)27(18-12-14-22-32)36-29(39)20-10-6-3-7-15-23-33-26(2)37/h25,27H,3-24,31-32H2,1-2H3,(H,33,37)(H,34,40)(H,35,38)(H,36,39). The van der Waals surface area contributed by atoms with Crippen LogP contribution in [0.5, 0.6) is 0 Å². The molecule has 234 valence electrons. The number of nitrogens with two attached hydrogens (primary N) is 2. The maximum Gasteiger partial charge on any atom is 0.242 e. The van der Waals surface area contributed by atoms with Gasteiger partial charge in [-0.1, -0.05) is 44.9 Å². The molecule has 0 saturated heterocycles. The largest absolute Gasteiger partial charge is 0.356 e. The topological polar surface area (TPSA) is 168 Å². The van der Waals surface area contributed by atoms with Gasteiger partial charge >= 0.3 is 0 Å². The van der Waals surface area contributed by atoms with Crippen molar-refractivity contribution < 1.29 is 19.2 Å². The zero-order valence-electron chi connectivity index (χ0n) is 25.5. The van der Waals surface area contributed by atoms with Gasteiger partial charge in [0.25, 0.3) is 0 Å². The molecule has 8 N–H and O–H groups in total. The Morgan fingerprint density at radius 1 is 0.575 bits per heavy atom. The van der Waals surface area contributed by atoms with Gasteiger partial charge in [0.05, 0.1) is 0 Å². The van der Waals surface area contributed by atoms with Gasteiger partial charge in [-0.05, 0) is 77.8 Å². The second-order valence-electron chi connectivity index (χ2n) is 11.0. The van der Waals surface area contributed by atoms with Gasteiger partial charge in [0.2, 0.25) is 23.6 Å². The summed E-state index contributed by atoms with van der Waals surface area (Å²) in [6.45, 7) is 6.11. The van der Waals surface area contributed by atoms with Crippen LogP contribution in [0.1, 0.15) is 129 Å². The van der Waals surface area contributed by atoms with E-state index < -0.39 is 6.04 Å². The number of nitrogens with one attached hydrogen (secondary N) is 4. The molecule has 0 saturated carbocycles. The summed E-state index contributed by atoms with van der Waals surface area (Å²) in [5.41, 5.74) is 11.1. The summed E-state index contributed by atoms with van der Waals surface area (Å²) in [5, 5.41) is 11.7.